The van der Waals surface area contributed by atoms with Gasteiger partial charge < -0.3 is 26.5 Å². The van der Waals surface area contributed by atoms with Crippen LogP contribution in [0.1, 0.15) is 44.6 Å². The molecule has 0 unspecified atom stereocenters. The number of amides is 1. The van der Waals surface area contributed by atoms with Gasteiger partial charge >= 0.3 is 0 Å². The fraction of sp³-hybridized carbons (Fsp3) is 0.524. The molecular formula is C21H29N7O2. The average molecular weight is 412 g/mol. The van der Waals surface area contributed by atoms with Crippen LogP contribution in [0, 0.1) is 5.41 Å². The number of nitrogens with one attached hydrogen (secondary N) is 1. The number of hydrogen-bond donors (Lipinski definition) is 3. The minimum atomic E-state index is -0.738. The van der Waals surface area contributed by atoms with E-state index < -0.39 is 5.41 Å². The lowest BCUT2D eigenvalue weighted by Gasteiger charge is -2.38. The Morgan fingerprint density at radius 3 is 2.77 bits per heavy atom. The minimum absolute atomic E-state index is 0.151. The fourth-order valence-corrected chi connectivity index (χ4v) is 4.75. The third kappa shape index (κ3) is 3.32. The summed E-state index contributed by atoms with van der Waals surface area (Å²) in [6, 6.07) is 2.17. The normalized spacial score (nSPS) is 22.2. The maximum Gasteiger partial charge on any atom is 0.228 e. The number of carbonyl (C=O) groups excluding carboxylic acids is 1. The number of rotatable bonds is 5. The van der Waals surface area contributed by atoms with Gasteiger partial charge in [0.15, 0.2) is 5.65 Å². The van der Waals surface area contributed by atoms with Crippen molar-refractivity contribution >= 4 is 34.8 Å². The molecule has 5 N–H and O–H groups in total. The maximum atomic E-state index is 12.8. The zero-order chi connectivity index (χ0) is 21.3. The van der Waals surface area contributed by atoms with Crippen molar-refractivity contribution in [3.63, 3.8) is 0 Å². The summed E-state index contributed by atoms with van der Waals surface area (Å²) in [6.45, 7) is 4.04. The first-order valence-corrected chi connectivity index (χ1v) is 10.5. The Bertz CT molecular complexity index is 991. The lowest BCUT2D eigenvalue weighted by atomic mass is 9.68. The van der Waals surface area contributed by atoms with Crippen molar-refractivity contribution in [1.29, 1.82) is 5.41 Å². The number of ether oxygens (including phenoxy) is 1. The summed E-state index contributed by atoms with van der Waals surface area (Å²) in [5, 5.41) is 12.5. The summed E-state index contributed by atoms with van der Waals surface area (Å²) in [4.78, 5) is 19.9. The molecule has 4 rings (SSSR count). The van der Waals surface area contributed by atoms with E-state index in [1.807, 2.05) is 6.07 Å². The second-order valence-electron chi connectivity index (χ2n) is 8.20. The Balaban J connectivity index is 1.97. The average Bonchev–Trinajstić information content (AvgIpc) is 3.18. The molecule has 0 bridgehead atoms. The number of pyridine rings is 1. The summed E-state index contributed by atoms with van der Waals surface area (Å²) < 4.78 is 7.11. The topological polar surface area (TPSA) is 136 Å². The van der Waals surface area contributed by atoms with Gasteiger partial charge in [-0.25, -0.2) is 4.98 Å². The Morgan fingerprint density at radius 1 is 1.33 bits per heavy atom. The largest absolute Gasteiger partial charge is 0.384 e. The van der Waals surface area contributed by atoms with Crippen LogP contribution in [0.25, 0.3) is 16.9 Å². The van der Waals surface area contributed by atoms with Crippen LogP contribution in [0.15, 0.2) is 18.3 Å². The van der Waals surface area contributed by atoms with Gasteiger partial charge in [-0.3, -0.25) is 4.79 Å². The van der Waals surface area contributed by atoms with Crippen LogP contribution >= 0.6 is 0 Å². The molecule has 2 aromatic rings. The second kappa shape index (κ2) is 8.06. The Kier molecular flexibility index (Phi) is 5.46. The van der Waals surface area contributed by atoms with Crippen molar-refractivity contribution in [2.24, 2.45) is 11.5 Å². The van der Waals surface area contributed by atoms with Gasteiger partial charge in [0, 0.05) is 18.1 Å². The van der Waals surface area contributed by atoms with E-state index in [1.54, 1.807) is 6.20 Å². The van der Waals surface area contributed by atoms with E-state index in [2.05, 4.69) is 16.9 Å². The van der Waals surface area contributed by atoms with E-state index in [1.165, 1.54) is 10.8 Å². The van der Waals surface area contributed by atoms with Gasteiger partial charge in [-0.1, -0.05) is 19.3 Å². The van der Waals surface area contributed by atoms with E-state index in [0.29, 0.717) is 31.2 Å². The number of nitrogens with zero attached hydrogens (tertiary/aromatic N) is 4. The highest BCUT2D eigenvalue weighted by molar-refractivity contribution is 5.95. The van der Waals surface area contributed by atoms with Crippen LogP contribution in [0.4, 0.5) is 5.82 Å². The second-order valence-corrected chi connectivity index (χ2v) is 8.20. The molecule has 30 heavy (non-hydrogen) atoms. The number of allylic oxidation sites excluding steroid dienone is 1. The van der Waals surface area contributed by atoms with Crippen molar-refractivity contribution in [2.45, 2.75) is 50.5 Å². The zero-order valence-corrected chi connectivity index (χ0v) is 17.3. The van der Waals surface area contributed by atoms with E-state index in [4.69, 9.17) is 26.6 Å². The predicted molar refractivity (Wildman–Crippen MR) is 116 cm³/mol. The molecule has 160 valence electrons. The number of morpholine rings is 1. The van der Waals surface area contributed by atoms with Gasteiger partial charge in [0.2, 0.25) is 5.91 Å². The molecule has 1 aliphatic carbocycles. The first-order chi connectivity index (χ1) is 14.5. The first kappa shape index (κ1) is 20.3. The van der Waals surface area contributed by atoms with Gasteiger partial charge in [0.25, 0.3) is 0 Å². The molecule has 0 spiro atoms. The molecule has 2 fully saturated rings. The Hall–Kier alpha value is -2.94. The van der Waals surface area contributed by atoms with E-state index >= 15 is 0 Å². The van der Waals surface area contributed by atoms with Crippen molar-refractivity contribution in [1.82, 2.24) is 14.8 Å². The Morgan fingerprint density at radius 2 is 2.10 bits per heavy atom. The number of nitrogens with two attached hydrogens (primary N) is 2. The highest BCUT2D eigenvalue weighted by Crippen LogP contribution is 2.43. The fourth-order valence-electron chi connectivity index (χ4n) is 4.75. The molecule has 2 aliphatic rings. The molecule has 0 radical (unpaired) electrons. The van der Waals surface area contributed by atoms with Crippen LogP contribution in [-0.2, 0) is 14.9 Å². The molecule has 9 heteroatoms. The molecule has 1 saturated heterocycles. The van der Waals surface area contributed by atoms with Crippen molar-refractivity contribution in [3.8, 4) is 0 Å². The van der Waals surface area contributed by atoms with Crippen molar-refractivity contribution < 1.29 is 9.53 Å². The summed E-state index contributed by atoms with van der Waals surface area (Å²) in [5.41, 5.74) is 12.9. The summed E-state index contributed by atoms with van der Waals surface area (Å²) in [7, 11) is 0. The van der Waals surface area contributed by atoms with Crippen LogP contribution in [-0.4, -0.2) is 52.7 Å². The maximum absolute atomic E-state index is 12.8. The molecule has 1 saturated carbocycles. The van der Waals surface area contributed by atoms with Crippen LogP contribution in [0.3, 0.4) is 0 Å². The van der Waals surface area contributed by atoms with E-state index in [9.17, 15) is 4.79 Å². The monoisotopic (exact) mass is 411 g/mol. The van der Waals surface area contributed by atoms with Crippen molar-refractivity contribution in [3.05, 3.63) is 23.9 Å². The molecule has 1 amide bonds. The van der Waals surface area contributed by atoms with Crippen LogP contribution in [0.2, 0.25) is 0 Å². The number of fused-ring (bicyclic) bond motifs is 1. The smallest absolute Gasteiger partial charge is 0.228 e. The number of anilines is 1. The Labute approximate surface area is 175 Å². The number of aromatic nitrogens is 3. The molecule has 2 aromatic heterocycles. The van der Waals surface area contributed by atoms with E-state index in [-0.39, 0.29) is 11.9 Å². The lowest BCUT2D eigenvalue weighted by molar-refractivity contribution is -0.124. The molecule has 1 atom stereocenters. The molecule has 3 heterocycles. The van der Waals surface area contributed by atoms with Gasteiger partial charge in [0.05, 0.1) is 30.9 Å². The summed E-state index contributed by atoms with van der Waals surface area (Å²) >= 11 is 0. The lowest BCUT2D eigenvalue weighted by Crippen LogP contribution is -2.45. The molecular weight excluding hydrogens is 382 g/mol. The van der Waals surface area contributed by atoms with E-state index in [0.717, 1.165) is 55.1 Å². The van der Waals surface area contributed by atoms with Gasteiger partial charge in [-0.05, 0) is 37.5 Å². The molecule has 9 nitrogen and oxygen atoms in total. The zero-order valence-electron chi connectivity index (χ0n) is 17.3. The predicted octanol–water partition coefficient (Wildman–Crippen LogP) is 1.75. The third-order valence-corrected chi connectivity index (χ3v) is 6.38. The van der Waals surface area contributed by atoms with Crippen molar-refractivity contribution in [2.75, 3.05) is 24.7 Å². The number of hydrogen-bond acceptors (Lipinski definition) is 7. The third-order valence-electron chi connectivity index (χ3n) is 6.38. The van der Waals surface area contributed by atoms with Gasteiger partial charge in [-0.2, -0.15) is 9.78 Å². The molecule has 1 aliphatic heterocycles. The quantitative estimate of drug-likeness (QED) is 0.641. The highest BCUT2D eigenvalue weighted by Gasteiger charge is 2.42. The van der Waals surface area contributed by atoms with Crippen LogP contribution in [0.5, 0.6) is 0 Å². The molecule has 0 aromatic carbocycles. The standard InChI is InChI=1S/C21H29N7O2/c1-14-13-30-10-9-27(14)18-11-16(21(20(24)29)6-3-2-4-7-21)15-12-25-28(19(15)26-18)17(23)5-8-22/h5,8,11-12,14,22H,2-4,6-7,9-10,13,23H2,1H3,(H2,24,29)/t14-/m1/s1. The number of carbonyl (C=O) groups is 1. The van der Waals surface area contributed by atoms with Gasteiger partial charge in [0.1, 0.15) is 11.6 Å². The van der Waals surface area contributed by atoms with Gasteiger partial charge in [-0.15, -0.1) is 0 Å². The minimum Gasteiger partial charge on any atom is -0.384 e. The summed E-state index contributed by atoms with van der Waals surface area (Å²) in [5.74, 6) is 0.762. The summed E-state index contributed by atoms with van der Waals surface area (Å²) in [6.07, 6.45) is 8.73. The highest BCUT2D eigenvalue weighted by atomic mass is 16.5. The van der Waals surface area contributed by atoms with Crippen LogP contribution < -0.4 is 16.4 Å². The first-order valence-electron chi connectivity index (χ1n) is 10.5. The number of primary amides is 1. The SMILES string of the molecule is C[C@@H]1COCCN1c1cc(C2(C(N)=O)CCCCC2)c2cnn(C(N)=CC=N)c2n1.